The van der Waals surface area contributed by atoms with Gasteiger partial charge in [0, 0.05) is 49.4 Å². The summed E-state index contributed by atoms with van der Waals surface area (Å²) in [5.74, 6) is 0.142. The first-order chi connectivity index (χ1) is 12.6. The standard InChI is InChI=1S/C21H31BrN2O2/c1-17(25)24-12-6-4-2-3-5-11-23(20-9-13-26-14-10-20)16-18-15-19(22)7-8-21(18)24/h7-8,15,20H,2-6,9-14,16H2,1H3. The number of rotatable bonds is 1. The Balaban J connectivity index is 1.90. The van der Waals surface area contributed by atoms with Gasteiger partial charge in [-0.3, -0.25) is 9.69 Å². The lowest BCUT2D eigenvalue weighted by molar-refractivity contribution is -0.116. The Labute approximate surface area is 166 Å². The molecule has 0 radical (unpaired) electrons. The van der Waals surface area contributed by atoms with Crippen LogP contribution in [0.2, 0.25) is 0 Å². The van der Waals surface area contributed by atoms with Crippen molar-refractivity contribution in [2.75, 3.05) is 31.2 Å². The van der Waals surface area contributed by atoms with E-state index >= 15 is 0 Å². The Bertz CT molecular complexity index is 602. The molecule has 1 fully saturated rings. The van der Waals surface area contributed by atoms with Crippen molar-refractivity contribution in [1.82, 2.24) is 4.90 Å². The number of hydrogen-bond acceptors (Lipinski definition) is 3. The first kappa shape index (κ1) is 19.8. The van der Waals surface area contributed by atoms with E-state index in [0.29, 0.717) is 6.04 Å². The number of nitrogens with zero attached hydrogens (tertiary/aromatic N) is 2. The quantitative estimate of drug-likeness (QED) is 0.654. The van der Waals surface area contributed by atoms with Crippen molar-refractivity contribution in [1.29, 1.82) is 0 Å². The molecule has 2 aliphatic rings. The molecule has 0 unspecified atom stereocenters. The van der Waals surface area contributed by atoms with Crippen LogP contribution in [0.4, 0.5) is 5.69 Å². The highest BCUT2D eigenvalue weighted by atomic mass is 79.9. The third kappa shape index (κ3) is 5.30. The molecule has 5 heteroatoms. The minimum Gasteiger partial charge on any atom is -0.381 e. The third-order valence-corrected chi connectivity index (χ3v) is 6.11. The second-order valence-corrected chi connectivity index (χ2v) is 8.44. The minimum atomic E-state index is 0.142. The smallest absolute Gasteiger partial charge is 0.223 e. The second kappa shape index (κ2) is 9.86. The predicted molar refractivity (Wildman–Crippen MR) is 110 cm³/mol. The number of fused-ring (bicyclic) bond motifs is 1. The van der Waals surface area contributed by atoms with Crippen LogP contribution in [-0.2, 0) is 16.1 Å². The number of anilines is 1. The van der Waals surface area contributed by atoms with Gasteiger partial charge in [0.2, 0.25) is 5.91 Å². The summed E-state index contributed by atoms with van der Waals surface area (Å²) in [6.45, 7) is 6.28. The fourth-order valence-corrected chi connectivity index (χ4v) is 4.58. The molecule has 0 atom stereocenters. The Morgan fingerprint density at radius 3 is 2.50 bits per heavy atom. The van der Waals surface area contributed by atoms with Crippen molar-refractivity contribution in [3.63, 3.8) is 0 Å². The number of ether oxygens (including phenoxy) is 1. The highest BCUT2D eigenvalue weighted by molar-refractivity contribution is 9.10. The van der Waals surface area contributed by atoms with E-state index in [4.69, 9.17) is 4.74 Å². The molecule has 0 bridgehead atoms. The number of amides is 1. The monoisotopic (exact) mass is 422 g/mol. The zero-order valence-electron chi connectivity index (χ0n) is 15.9. The van der Waals surface area contributed by atoms with Crippen molar-refractivity contribution in [2.24, 2.45) is 0 Å². The van der Waals surface area contributed by atoms with Gasteiger partial charge in [0.15, 0.2) is 0 Å². The van der Waals surface area contributed by atoms with Crippen LogP contribution in [0, 0.1) is 0 Å². The summed E-state index contributed by atoms with van der Waals surface area (Å²) in [6.07, 6.45) is 8.31. The van der Waals surface area contributed by atoms with Gasteiger partial charge in [-0.25, -0.2) is 0 Å². The van der Waals surface area contributed by atoms with Crippen molar-refractivity contribution < 1.29 is 9.53 Å². The lowest BCUT2D eigenvalue weighted by Gasteiger charge is -2.36. The van der Waals surface area contributed by atoms with Gasteiger partial charge in [0.05, 0.1) is 0 Å². The van der Waals surface area contributed by atoms with Gasteiger partial charge in [-0.1, -0.05) is 35.2 Å². The molecular weight excluding hydrogens is 392 g/mol. The largest absolute Gasteiger partial charge is 0.381 e. The molecule has 26 heavy (non-hydrogen) atoms. The molecule has 1 aromatic carbocycles. The van der Waals surface area contributed by atoms with Crippen LogP contribution >= 0.6 is 15.9 Å². The summed E-state index contributed by atoms with van der Waals surface area (Å²) in [5, 5.41) is 0. The lowest BCUT2D eigenvalue weighted by Crippen LogP contribution is -2.40. The number of carbonyl (C=O) groups is 1. The first-order valence-electron chi connectivity index (χ1n) is 10.0. The molecule has 2 aliphatic heterocycles. The maximum absolute atomic E-state index is 12.3. The van der Waals surface area contributed by atoms with Crippen molar-refractivity contribution >= 4 is 27.5 Å². The summed E-state index contributed by atoms with van der Waals surface area (Å²) in [4.78, 5) is 16.9. The molecule has 2 heterocycles. The molecule has 1 amide bonds. The van der Waals surface area contributed by atoms with Crippen LogP contribution in [0.3, 0.4) is 0 Å². The molecule has 0 aromatic heterocycles. The maximum Gasteiger partial charge on any atom is 0.223 e. The molecule has 0 saturated carbocycles. The lowest BCUT2D eigenvalue weighted by atomic mass is 10.0. The highest BCUT2D eigenvalue weighted by Gasteiger charge is 2.24. The van der Waals surface area contributed by atoms with Gasteiger partial charge in [-0.2, -0.15) is 0 Å². The summed E-state index contributed by atoms with van der Waals surface area (Å²) in [7, 11) is 0. The van der Waals surface area contributed by atoms with E-state index in [-0.39, 0.29) is 5.91 Å². The SMILES string of the molecule is CC(=O)N1CCCCCCCN(C2CCOCC2)Cc2cc(Br)ccc21. The highest BCUT2D eigenvalue weighted by Crippen LogP contribution is 2.29. The van der Waals surface area contributed by atoms with E-state index in [9.17, 15) is 4.79 Å². The minimum absolute atomic E-state index is 0.142. The Kier molecular flexibility index (Phi) is 7.52. The zero-order valence-corrected chi connectivity index (χ0v) is 17.5. The molecule has 4 nitrogen and oxygen atoms in total. The number of hydrogen-bond donors (Lipinski definition) is 0. The first-order valence-corrected chi connectivity index (χ1v) is 10.8. The summed E-state index contributed by atoms with van der Waals surface area (Å²) >= 11 is 3.63. The van der Waals surface area contributed by atoms with Crippen molar-refractivity contribution in [3.8, 4) is 0 Å². The second-order valence-electron chi connectivity index (χ2n) is 7.53. The molecule has 1 saturated heterocycles. The normalized spacial score (nSPS) is 21.5. The van der Waals surface area contributed by atoms with Gasteiger partial charge in [-0.15, -0.1) is 0 Å². The topological polar surface area (TPSA) is 32.8 Å². The average Bonchev–Trinajstić information content (AvgIpc) is 2.63. The maximum atomic E-state index is 12.3. The van der Waals surface area contributed by atoms with Gasteiger partial charge in [-0.05, 0) is 56.0 Å². The van der Waals surface area contributed by atoms with Gasteiger partial charge in [0.25, 0.3) is 0 Å². The van der Waals surface area contributed by atoms with Crippen LogP contribution in [-0.4, -0.2) is 43.2 Å². The fourth-order valence-electron chi connectivity index (χ4n) is 4.17. The molecule has 0 aliphatic carbocycles. The summed E-state index contributed by atoms with van der Waals surface area (Å²) < 4.78 is 6.66. The van der Waals surface area contributed by atoms with E-state index < -0.39 is 0 Å². The van der Waals surface area contributed by atoms with Crippen LogP contribution in [0.5, 0.6) is 0 Å². The van der Waals surface area contributed by atoms with E-state index in [2.05, 4.69) is 39.0 Å². The predicted octanol–water partition coefficient (Wildman–Crippen LogP) is 4.75. The zero-order chi connectivity index (χ0) is 18.4. The van der Waals surface area contributed by atoms with Crippen LogP contribution in [0.1, 0.15) is 57.4 Å². The van der Waals surface area contributed by atoms with Gasteiger partial charge >= 0.3 is 0 Å². The van der Waals surface area contributed by atoms with Gasteiger partial charge in [0.1, 0.15) is 0 Å². The van der Waals surface area contributed by atoms with E-state index in [1.54, 1.807) is 6.92 Å². The van der Waals surface area contributed by atoms with E-state index in [1.165, 1.54) is 31.2 Å². The Hall–Kier alpha value is -0.910. The summed E-state index contributed by atoms with van der Waals surface area (Å²) in [5.41, 5.74) is 2.33. The number of benzene rings is 1. The number of halogens is 1. The van der Waals surface area contributed by atoms with Crippen LogP contribution in [0.25, 0.3) is 0 Å². The average molecular weight is 423 g/mol. The number of carbonyl (C=O) groups excluding carboxylic acids is 1. The third-order valence-electron chi connectivity index (χ3n) is 5.62. The summed E-state index contributed by atoms with van der Waals surface area (Å²) in [6, 6.07) is 6.95. The molecule has 0 N–H and O–H groups in total. The van der Waals surface area contributed by atoms with Crippen LogP contribution in [0.15, 0.2) is 22.7 Å². The molecule has 0 spiro atoms. The van der Waals surface area contributed by atoms with E-state index in [0.717, 1.165) is 62.3 Å². The molecule has 144 valence electrons. The van der Waals surface area contributed by atoms with Crippen LogP contribution < -0.4 is 4.90 Å². The van der Waals surface area contributed by atoms with Gasteiger partial charge < -0.3 is 9.64 Å². The Morgan fingerprint density at radius 2 is 1.77 bits per heavy atom. The molecule has 3 rings (SSSR count). The van der Waals surface area contributed by atoms with Crippen molar-refractivity contribution in [2.45, 2.75) is 64.5 Å². The molecule has 1 aromatic rings. The fraction of sp³-hybridized carbons (Fsp3) is 0.667. The molecular formula is C21H31BrN2O2. The van der Waals surface area contributed by atoms with E-state index in [1.807, 2.05) is 4.90 Å². The van der Waals surface area contributed by atoms with Crippen molar-refractivity contribution in [3.05, 3.63) is 28.2 Å². The Morgan fingerprint density at radius 1 is 1.08 bits per heavy atom.